The van der Waals surface area contributed by atoms with Gasteiger partial charge in [-0.3, -0.25) is 14.7 Å². The van der Waals surface area contributed by atoms with E-state index < -0.39 is 17.6 Å². The predicted octanol–water partition coefficient (Wildman–Crippen LogP) is 3.91. The summed E-state index contributed by atoms with van der Waals surface area (Å²) in [5.74, 6) is 6.32. The Morgan fingerprint density at radius 3 is 2.63 bits per heavy atom. The van der Waals surface area contributed by atoms with Gasteiger partial charge < -0.3 is 19.9 Å². The van der Waals surface area contributed by atoms with Crippen LogP contribution in [-0.4, -0.2) is 93.8 Å². The summed E-state index contributed by atoms with van der Waals surface area (Å²) in [6, 6.07) is 9.34. The lowest BCUT2D eigenvalue weighted by molar-refractivity contribution is -0.138. The molecule has 0 unspecified atom stereocenters. The minimum atomic E-state index is -4.56. The molecule has 3 aromatic heterocycles. The number of hydrogen-bond donors (Lipinski definition) is 1. The molecule has 13 heteroatoms. The molecule has 238 valence electrons. The van der Waals surface area contributed by atoms with Gasteiger partial charge in [-0.2, -0.15) is 13.2 Å². The summed E-state index contributed by atoms with van der Waals surface area (Å²) in [6.45, 7) is 5.43. The Morgan fingerprint density at radius 1 is 1.02 bits per heavy atom. The van der Waals surface area contributed by atoms with Crippen LogP contribution in [0.15, 0.2) is 55.0 Å². The highest BCUT2D eigenvalue weighted by molar-refractivity contribution is 6.04. The molecule has 0 bridgehead atoms. The number of pyridine rings is 1. The zero-order valence-corrected chi connectivity index (χ0v) is 25.3. The molecule has 10 nitrogen and oxygen atoms in total. The molecule has 1 amide bonds. The Balaban J connectivity index is 1.06. The van der Waals surface area contributed by atoms with Crippen LogP contribution in [0.1, 0.15) is 45.6 Å². The predicted molar refractivity (Wildman–Crippen MR) is 166 cm³/mol. The van der Waals surface area contributed by atoms with Gasteiger partial charge in [-0.1, -0.05) is 12.0 Å². The summed E-state index contributed by atoms with van der Waals surface area (Å²) in [7, 11) is 2.00. The van der Waals surface area contributed by atoms with Crippen LogP contribution < -0.4 is 10.2 Å². The third-order valence-corrected chi connectivity index (χ3v) is 8.73. The van der Waals surface area contributed by atoms with E-state index in [2.05, 4.69) is 36.9 Å². The van der Waals surface area contributed by atoms with Gasteiger partial charge in [-0.05, 0) is 61.7 Å². The molecule has 5 heterocycles. The summed E-state index contributed by atoms with van der Waals surface area (Å²) in [4.78, 5) is 28.0. The minimum absolute atomic E-state index is 0.0363. The molecule has 3 fully saturated rings. The van der Waals surface area contributed by atoms with Crippen LogP contribution in [0.3, 0.4) is 0 Å². The molecule has 7 rings (SSSR count). The highest BCUT2D eigenvalue weighted by Gasteiger charge is 2.47. The van der Waals surface area contributed by atoms with Crippen molar-refractivity contribution in [2.75, 3.05) is 63.1 Å². The van der Waals surface area contributed by atoms with Crippen LogP contribution in [0.2, 0.25) is 0 Å². The Bertz CT molecular complexity index is 1830. The SMILES string of the molecule is CN1CCN(Cc2ccc(NC(=O)c3cncc(C#Cc4cnc5ccc(N6CCOC7(CC7)C6)nn45)c3)cc2C(F)(F)F)CC1. The number of amides is 1. The maximum Gasteiger partial charge on any atom is 0.416 e. The van der Waals surface area contributed by atoms with E-state index in [4.69, 9.17) is 9.84 Å². The number of carbonyl (C=O) groups excluding carboxylic acids is 1. The number of alkyl halides is 3. The van der Waals surface area contributed by atoms with Gasteiger partial charge in [0.15, 0.2) is 5.65 Å². The first kappa shape index (κ1) is 30.2. The number of benzene rings is 1. The molecule has 1 aromatic carbocycles. The summed E-state index contributed by atoms with van der Waals surface area (Å²) in [6.07, 6.45) is 2.08. The Kier molecular flexibility index (Phi) is 7.88. The van der Waals surface area contributed by atoms with E-state index in [1.165, 1.54) is 24.5 Å². The first-order chi connectivity index (χ1) is 22.1. The summed E-state index contributed by atoms with van der Waals surface area (Å²) < 4.78 is 49.7. The van der Waals surface area contributed by atoms with Crippen LogP contribution in [0, 0.1) is 11.8 Å². The topological polar surface area (TPSA) is 91.1 Å². The molecular weight excluding hydrogens is 597 g/mol. The Labute approximate surface area is 264 Å². The fourth-order valence-electron chi connectivity index (χ4n) is 5.87. The number of morpholine rings is 1. The van der Waals surface area contributed by atoms with Gasteiger partial charge in [0.25, 0.3) is 5.91 Å². The summed E-state index contributed by atoms with van der Waals surface area (Å²) in [5, 5.41) is 7.37. The maximum absolute atomic E-state index is 14.0. The number of carbonyl (C=O) groups is 1. The fourth-order valence-corrected chi connectivity index (χ4v) is 5.87. The number of aromatic nitrogens is 4. The number of ether oxygens (including phenoxy) is 1. The number of rotatable bonds is 5. The molecule has 4 aromatic rings. The van der Waals surface area contributed by atoms with E-state index in [9.17, 15) is 18.0 Å². The number of likely N-dealkylation sites (N-methyl/N-ethyl adjacent to an activating group) is 1. The van der Waals surface area contributed by atoms with Crippen LogP contribution in [0.5, 0.6) is 0 Å². The number of nitrogens with zero attached hydrogens (tertiary/aromatic N) is 7. The van der Waals surface area contributed by atoms with Crippen molar-refractivity contribution in [3.05, 3.63) is 82.9 Å². The van der Waals surface area contributed by atoms with Crippen molar-refractivity contribution < 1.29 is 22.7 Å². The molecule has 1 N–H and O–H groups in total. The first-order valence-corrected chi connectivity index (χ1v) is 15.3. The lowest BCUT2D eigenvalue weighted by Crippen LogP contribution is -2.44. The second-order valence-corrected chi connectivity index (χ2v) is 12.2. The second kappa shape index (κ2) is 12.0. The van der Waals surface area contributed by atoms with E-state index in [-0.39, 0.29) is 29.0 Å². The highest BCUT2D eigenvalue weighted by Crippen LogP contribution is 2.42. The number of fused-ring (bicyclic) bond motifs is 1. The van der Waals surface area contributed by atoms with Crippen molar-refractivity contribution in [2.24, 2.45) is 0 Å². The number of piperazine rings is 1. The van der Waals surface area contributed by atoms with E-state index in [0.717, 1.165) is 50.9 Å². The number of anilines is 2. The molecule has 1 aliphatic carbocycles. The normalized spacial score (nSPS) is 18.4. The summed E-state index contributed by atoms with van der Waals surface area (Å²) >= 11 is 0. The zero-order chi connectivity index (χ0) is 31.9. The van der Waals surface area contributed by atoms with Crippen molar-refractivity contribution >= 4 is 23.1 Å². The van der Waals surface area contributed by atoms with E-state index in [1.807, 2.05) is 24.1 Å². The molecule has 1 saturated carbocycles. The average Bonchev–Trinajstić information content (AvgIpc) is 3.66. The molecule has 0 atom stereocenters. The van der Waals surface area contributed by atoms with Gasteiger partial charge >= 0.3 is 6.18 Å². The number of nitrogens with one attached hydrogen (secondary N) is 1. The van der Waals surface area contributed by atoms with Crippen LogP contribution in [0.25, 0.3) is 5.65 Å². The second-order valence-electron chi connectivity index (χ2n) is 12.2. The summed E-state index contributed by atoms with van der Waals surface area (Å²) in [5.41, 5.74) is 1.29. The van der Waals surface area contributed by atoms with Gasteiger partial charge in [0, 0.05) is 69.5 Å². The van der Waals surface area contributed by atoms with Gasteiger partial charge in [-0.15, -0.1) is 5.10 Å². The molecule has 0 radical (unpaired) electrons. The van der Waals surface area contributed by atoms with Crippen molar-refractivity contribution in [1.29, 1.82) is 0 Å². The van der Waals surface area contributed by atoms with Crippen LogP contribution in [-0.2, 0) is 17.5 Å². The van der Waals surface area contributed by atoms with E-state index in [0.29, 0.717) is 36.6 Å². The zero-order valence-electron chi connectivity index (χ0n) is 25.3. The monoisotopic (exact) mass is 630 g/mol. The molecule has 2 aliphatic heterocycles. The quantitative estimate of drug-likeness (QED) is 0.332. The van der Waals surface area contributed by atoms with Gasteiger partial charge in [0.05, 0.1) is 29.5 Å². The van der Waals surface area contributed by atoms with E-state index >= 15 is 0 Å². The largest absolute Gasteiger partial charge is 0.416 e. The lowest BCUT2D eigenvalue weighted by atomic mass is 10.0. The fraction of sp³-hybridized carbons (Fsp3) is 0.394. The molecular formula is C33H33F3N8O2. The smallest absolute Gasteiger partial charge is 0.371 e. The average molecular weight is 631 g/mol. The molecule has 3 aliphatic rings. The highest BCUT2D eigenvalue weighted by atomic mass is 19.4. The number of hydrogen-bond acceptors (Lipinski definition) is 8. The van der Waals surface area contributed by atoms with Gasteiger partial charge in [0.2, 0.25) is 0 Å². The first-order valence-electron chi connectivity index (χ1n) is 15.3. The van der Waals surface area contributed by atoms with Crippen molar-refractivity contribution in [2.45, 2.75) is 31.2 Å². The van der Waals surface area contributed by atoms with E-state index in [1.54, 1.807) is 16.8 Å². The molecule has 46 heavy (non-hydrogen) atoms. The van der Waals surface area contributed by atoms with Crippen LogP contribution in [0.4, 0.5) is 24.7 Å². The number of imidazole rings is 1. The Hall–Kier alpha value is -4.51. The molecule has 2 saturated heterocycles. The third kappa shape index (κ3) is 6.55. The van der Waals surface area contributed by atoms with Gasteiger partial charge in [-0.25, -0.2) is 9.50 Å². The third-order valence-electron chi connectivity index (χ3n) is 8.73. The lowest BCUT2D eigenvalue weighted by Gasteiger charge is -2.33. The number of halogens is 3. The maximum atomic E-state index is 14.0. The van der Waals surface area contributed by atoms with Gasteiger partial charge in [0.1, 0.15) is 11.5 Å². The Morgan fingerprint density at radius 2 is 1.85 bits per heavy atom. The molecule has 1 spiro atoms. The minimum Gasteiger partial charge on any atom is -0.371 e. The van der Waals surface area contributed by atoms with Crippen molar-refractivity contribution in [3.63, 3.8) is 0 Å². The standard InChI is InChI=1S/C33H33F3N8O2/c1-41-10-12-42(13-11-41)21-24-3-4-26(17-28(24)33(34,35)36)39-31(45)25-16-23(18-37-19-25)2-5-27-20-38-29-6-7-30(40-44(27)29)43-14-15-46-32(22-43)8-9-32/h3-4,6-7,16-20H,8-15,21-22H2,1H3,(H,39,45). The van der Waals surface area contributed by atoms with Crippen molar-refractivity contribution in [1.82, 2.24) is 29.4 Å². The van der Waals surface area contributed by atoms with Crippen molar-refractivity contribution in [3.8, 4) is 11.8 Å². The van der Waals surface area contributed by atoms with Crippen LogP contribution >= 0.6 is 0 Å².